The van der Waals surface area contributed by atoms with Crippen LogP contribution in [0.5, 0.6) is 11.6 Å². The maximum Gasteiger partial charge on any atom is 1.00 e. The van der Waals surface area contributed by atoms with E-state index < -0.39 is 11.9 Å². The van der Waals surface area contributed by atoms with E-state index >= 15 is 0 Å². The summed E-state index contributed by atoms with van der Waals surface area (Å²) in [5, 5.41) is 11.1. The van der Waals surface area contributed by atoms with Gasteiger partial charge < -0.3 is 19.4 Å². The van der Waals surface area contributed by atoms with Gasteiger partial charge >= 0.3 is 35.5 Å². The predicted octanol–water partition coefficient (Wildman–Crippen LogP) is -1.32. The standard InChI is InChI=1S/C14H10ClNO5.Na/c1-20-14(19)8-4-5-11(10(15)7-8)21-12-9(13(17)18)3-2-6-16-12;/h2-7H,1H3,(H,17,18);/q;+1/p-1. The number of carbonyl (C=O) groups is 2. The Morgan fingerprint density at radius 3 is 2.59 bits per heavy atom. The first-order chi connectivity index (χ1) is 10.0. The van der Waals surface area contributed by atoms with Crippen molar-refractivity contribution < 1.29 is 53.7 Å². The van der Waals surface area contributed by atoms with Crippen LogP contribution in [0.15, 0.2) is 36.5 Å². The van der Waals surface area contributed by atoms with E-state index in [1.54, 1.807) is 0 Å². The molecule has 1 heterocycles. The zero-order valence-corrected chi connectivity index (χ0v) is 14.6. The molecule has 0 unspecified atom stereocenters. The number of aromatic nitrogens is 1. The summed E-state index contributed by atoms with van der Waals surface area (Å²) in [7, 11) is 1.25. The van der Waals surface area contributed by atoms with Gasteiger partial charge in [-0.25, -0.2) is 9.78 Å². The van der Waals surface area contributed by atoms with Crippen LogP contribution in [0, 0.1) is 0 Å². The van der Waals surface area contributed by atoms with Crippen molar-refractivity contribution in [2.75, 3.05) is 7.11 Å². The molecular formula is C14H9ClNNaO5. The summed E-state index contributed by atoms with van der Waals surface area (Å²) >= 11 is 5.99. The van der Waals surface area contributed by atoms with Crippen LogP contribution >= 0.6 is 11.6 Å². The average Bonchev–Trinajstić information content (AvgIpc) is 2.48. The Morgan fingerprint density at radius 1 is 1.27 bits per heavy atom. The molecule has 0 radical (unpaired) electrons. The molecule has 8 heteroatoms. The van der Waals surface area contributed by atoms with Crippen LogP contribution < -0.4 is 39.4 Å². The maximum absolute atomic E-state index is 11.4. The number of carboxylic acid groups (broad SMARTS) is 1. The van der Waals surface area contributed by atoms with Gasteiger partial charge in [-0.2, -0.15) is 0 Å². The van der Waals surface area contributed by atoms with Crippen molar-refractivity contribution in [3.05, 3.63) is 52.7 Å². The molecule has 0 saturated heterocycles. The van der Waals surface area contributed by atoms with E-state index in [-0.39, 0.29) is 57.3 Å². The first-order valence-electron chi connectivity index (χ1n) is 5.75. The minimum absolute atomic E-state index is 0. The predicted molar refractivity (Wildman–Crippen MR) is 71.4 cm³/mol. The molecule has 6 nitrogen and oxygen atoms in total. The summed E-state index contributed by atoms with van der Waals surface area (Å²) in [6.07, 6.45) is 1.37. The number of carbonyl (C=O) groups excluding carboxylic acids is 2. The van der Waals surface area contributed by atoms with Crippen LogP contribution in [0.4, 0.5) is 0 Å². The van der Waals surface area contributed by atoms with Crippen LogP contribution in [-0.4, -0.2) is 24.0 Å². The second-order valence-electron chi connectivity index (χ2n) is 3.88. The van der Waals surface area contributed by atoms with Gasteiger partial charge in [0, 0.05) is 6.20 Å². The third kappa shape index (κ3) is 4.20. The van der Waals surface area contributed by atoms with Crippen molar-refractivity contribution in [2.24, 2.45) is 0 Å². The van der Waals surface area contributed by atoms with Crippen molar-refractivity contribution in [1.82, 2.24) is 4.98 Å². The van der Waals surface area contributed by atoms with E-state index in [0.717, 1.165) is 0 Å². The average molecular weight is 330 g/mol. The number of methoxy groups -OCH3 is 1. The Kier molecular flexibility index (Phi) is 6.83. The number of hydrogen-bond acceptors (Lipinski definition) is 6. The smallest absolute Gasteiger partial charge is 0.545 e. The molecule has 0 aliphatic heterocycles. The van der Waals surface area contributed by atoms with Gasteiger partial charge in [-0.3, -0.25) is 0 Å². The fraction of sp³-hybridized carbons (Fsp3) is 0.0714. The SMILES string of the molecule is COC(=O)c1ccc(Oc2ncccc2C(=O)[O-])c(Cl)c1.[Na+]. The summed E-state index contributed by atoms with van der Waals surface area (Å²) in [5.41, 5.74) is 0.0432. The number of ether oxygens (including phenoxy) is 2. The van der Waals surface area contributed by atoms with Crippen molar-refractivity contribution in [2.45, 2.75) is 0 Å². The molecule has 0 atom stereocenters. The van der Waals surface area contributed by atoms with Gasteiger partial charge in [0.2, 0.25) is 5.88 Å². The first-order valence-corrected chi connectivity index (χ1v) is 6.13. The number of halogens is 1. The van der Waals surface area contributed by atoms with Gasteiger partial charge in [0.15, 0.2) is 0 Å². The summed E-state index contributed by atoms with van der Waals surface area (Å²) in [6.45, 7) is 0. The van der Waals surface area contributed by atoms with Gasteiger partial charge in [0.05, 0.1) is 29.2 Å². The first kappa shape index (κ1) is 18.4. The number of aromatic carboxylic acids is 1. The molecular weight excluding hydrogens is 321 g/mol. The Balaban J connectivity index is 0.00000242. The molecule has 0 spiro atoms. The quantitative estimate of drug-likeness (QED) is 0.511. The normalized spacial score (nSPS) is 9.55. The Morgan fingerprint density at radius 2 is 2.00 bits per heavy atom. The second-order valence-corrected chi connectivity index (χ2v) is 4.29. The molecule has 0 fully saturated rings. The molecule has 22 heavy (non-hydrogen) atoms. The number of rotatable bonds is 4. The molecule has 0 amide bonds. The molecule has 0 N–H and O–H groups in total. The molecule has 108 valence electrons. The number of hydrogen-bond donors (Lipinski definition) is 0. The summed E-state index contributed by atoms with van der Waals surface area (Å²) in [4.78, 5) is 26.1. The summed E-state index contributed by atoms with van der Waals surface area (Å²) in [5.74, 6) is -1.95. The monoisotopic (exact) mass is 329 g/mol. The van der Waals surface area contributed by atoms with Gasteiger partial charge in [-0.1, -0.05) is 11.6 Å². The third-order valence-electron chi connectivity index (χ3n) is 2.55. The van der Waals surface area contributed by atoms with Gasteiger partial charge in [-0.05, 0) is 30.3 Å². The topological polar surface area (TPSA) is 88.6 Å². The van der Waals surface area contributed by atoms with Gasteiger partial charge in [0.25, 0.3) is 0 Å². The Bertz CT molecular complexity index is 707. The van der Waals surface area contributed by atoms with Crippen molar-refractivity contribution in [3.63, 3.8) is 0 Å². The van der Waals surface area contributed by atoms with Crippen molar-refractivity contribution in [1.29, 1.82) is 0 Å². The van der Waals surface area contributed by atoms with E-state index in [0.29, 0.717) is 0 Å². The summed E-state index contributed by atoms with van der Waals surface area (Å²) < 4.78 is 9.92. The fourth-order valence-corrected chi connectivity index (χ4v) is 1.78. The number of nitrogens with zero attached hydrogens (tertiary/aromatic N) is 1. The Hall–Kier alpha value is -1.60. The second kappa shape index (κ2) is 8.14. The van der Waals surface area contributed by atoms with Crippen molar-refractivity contribution in [3.8, 4) is 11.6 Å². The molecule has 2 rings (SSSR count). The Labute approximate surface area is 153 Å². The molecule has 0 aliphatic rings. The van der Waals surface area contributed by atoms with Gasteiger partial charge in [-0.15, -0.1) is 0 Å². The van der Waals surface area contributed by atoms with Crippen LogP contribution in [0.2, 0.25) is 5.02 Å². The van der Waals surface area contributed by atoms with Crippen LogP contribution in [0.1, 0.15) is 20.7 Å². The maximum atomic E-state index is 11.4. The molecule has 1 aromatic carbocycles. The molecule has 0 aliphatic carbocycles. The number of pyridine rings is 1. The molecule has 2 aromatic rings. The van der Waals surface area contributed by atoms with Crippen molar-refractivity contribution >= 4 is 23.5 Å². The van der Waals surface area contributed by atoms with Gasteiger partial charge in [0.1, 0.15) is 5.75 Å². The molecule has 0 bridgehead atoms. The number of benzene rings is 1. The van der Waals surface area contributed by atoms with E-state index in [1.807, 2.05) is 0 Å². The van der Waals surface area contributed by atoms with E-state index in [9.17, 15) is 14.7 Å². The molecule has 0 saturated carbocycles. The zero-order chi connectivity index (χ0) is 15.4. The summed E-state index contributed by atoms with van der Waals surface area (Å²) in [6, 6.07) is 6.95. The van der Waals surface area contributed by atoms with E-state index in [4.69, 9.17) is 16.3 Å². The molecule has 1 aromatic heterocycles. The number of esters is 1. The van der Waals surface area contributed by atoms with E-state index in [2.05, 4.69) is 9.72 Å². The third-order valence-corrected chi connectivity index (χ3v) is 2.85. The zero-order valence-electron chi connectivity index (χ0n) is 11.8. The number of carboxylic acids is 1. The van der Waals surface area contributed by atoms with E-state index in [1.165, 1.54) is 43.6 Å². The van der Waals surface area contributed by atoms with Crippen LogP contribution in [0.3, 0.4) is 0 Å². The minimum atomic E-state index is -1.42. The minimum Gasteiger partial charge on any atom is -0.545 e. The largest absolute Gasteiger partial charge is 1.00 e. The fourth-order valence-electron chi connectivity index (χ4n) is 1.56. The van der Waals surface area contributed by atoms with Crippen LogP contribution in [0.25, 0.3) is 0 Å². The van der Waals surface area contributed by atoms with Crippen LogP contribution in [-0.2, 0) is 4.74 Å².